The molecule has 0 saturated carbocycles. The third-order valence-corrected chi connectivity index (χ3v) is 5.42. The smallest absolute Gasteiger partial charge is 0.183 e. The molecule has 0 aliphatic carbocycles. The Morgan fingerprint density at radius 2 is 2.15 bits per heavy atom. The second kappa shape index (κ2) is 6.29. The van der Waals surface area contributed by atoms with Gasteiger partial charge >= 0.3 is 0 Å². The number of hydrogen-bond acceptors (Lipinski definition) is 4. The van der Waals surface area contributed by atoms with E-state index < -0.39 is 0 Å². The molecule has 3 rings (SSSR count). The molecule has 1 N–H and O–H groups in total. The molecule has 5 heteroatoms. The Balaban J connectivity index is 1.63. The molecule has 1 unspecified atom stereocenters. The number of hydrogen-bond donors (Lipinski definition) is 1. The number of halogens is 1. The van der Waals surface area contributed by atoms with Crippen LogP contribution in [-0.4, -0.2) is 35.6 Å². The molecule has 1 saturated heterocycles. The average Bonchev–Trinajstić information content (AvgIpc) is 2.90. The fourth-order valence-corrected chi connectivity index (χ4v) is 3.88. The van der Waals surface area contributed by atoms with Crippen LogP contribution in [0.3, 0.4) is 0 Å². The van der Waals surface area contributed by atoms with Crippen molar-refractivity contribution in [1.82, 2.24) is 9.88 Å². The lowest BCUT2D eigenvalue weighted by Gasteiger charge is -2.32. The highest BCUT2D eigenvalue weighted by Gasteiger charge is 2.16. The molecule has 1 fully saturated rings. The van der Waals surface area contributed by atoms with Crippen LogP contribution in [0.2, 0.25) is 5.02 Å². The zero-order valence-electron chi connectivity index (χ0n) is 11.7. The number of piperidine rings is 1. The van der Waals surface area contributed by atoms with Crippen LogP contribution in [-0.2, 0) is 0 Å². The van der Waals surface area contributed by atoms with Crippen molar-refractivity contribution in [3.63, 3.8) is 0 Å². The molecule has 3 nitrogen and oxygen atoms in total. The summed E-state index contributed by atoms with van der Waals surface area (Å²) in [6.45, 7) is 5.69. The average molecular weight is 310 g/mol. The van der Waals surface area contributed by atoms with Crippen molar-refractivity contribution in [1.29, 1.82) is 0 Å². The van der Waals surface area contributed by atoms with E-state index >= 15 is 0 Å². The maximum Gasteiger partial charge on any atom is 0.183 e. The first-order chi connectivity index (χ1) is 9.74. The van der Waals surface area contributed by atoms with Crippen molar-refractivity contribution in [2.24, 2.45) is 0 Å². The number of rotatable bonds is 4. The zero-order valence-corrected chi connectivity index (χ0v) is 13.3. The fourth-order valence-electron chi connectivity index (χ4n) is 2.71. The quantitative estimate of drug-likeness (QED) is 0.915. The molecule has 0 bridgehead atoms. The lowest BCUT2D eigenvalue weighted by molar-refractivity contribution is 0.180. The molecule has 1 aliphatic rings. The zero-order chi connectivity index (χ0) is 13.9. The number of fused-ring (bicyclic) bond motifs is 1. The second-order valence-corrected chi connectivity index (χ2v) is 6.84. The minimum Gasteiger partial charge on any atom is -0.360 e. The van der Waals surface area contributed by atoms with Gasteiger partial charge in [-0.1, -0.05) is 35.4 Å². The van der Waals surface area contributed by atoms with Gasteiger partial charge in [-0.05, 0) is 45.0 Å². The van der Waals surface area contributed by atoms with Crippen LogP contribution in [0.5, 0.6) is 0 Å². The maximum atomic E-state index is 6.19. The number of aromatic nitrogens is 1. The number of nitrogens with zero attached hydrogens (tertiary/aromatic N) is 2. The normalized spacial score (nSPS) is 18.3. The lowest BCUT2D eigenvalue weighted by Crippen LogP contribution is -2.41. The molecule has 20 heavy (non-hydrogen) atoms. The molecule has 0 amide bonds. The number of benzene rings is 1. The van der Waals surface area contributed by atoms with Crippen LogP contribution in [0.15, 0.2) is 18.2 Å². The van der Waals surface area contributed by atoms with Gasteiger partial charge in [0, 0.05) is 12.6 Å². The van der Waals surface area contributed by atoms with Crippen molar-refractivity contribution < 1.29 is 0 Å². The standard InChI is InChI=1S/C15H20ClN3S/c1-11(19-8-3-2-4-9-19)10-17-15-18-13-7-5-6-12(16)14(13)20-15/h5-7,11H,2-4,8-10H2,1H3,(H,17,18). The lowest BCUT2D eigenvalue weighted by atomic mass is 10.1. The van der Waals surface area contributed by atoms with E-state index in [0.29, 0.717) is 6.04 Å². The molecule has 1 aromatic carbocycles. The highest BCUT2D eigenvalue weighted by atomic mass is 35.5. The Bertz CT molecular complexity index is 578. The van der Waals surface area contributed by atoms with Crippen LogP contribution < -0.4 is 5.32 Å². The van der Waals surface area contributed by atoms with Gasteiger partial charge in [0.05, 0.1) is 15.2 Å². The largest absolute Gasteiger partial charge is 0.360 e. The first-order valence-electron chi connectivity index (χ1n) is 7.27. The van der Waals surface area contributed by atoms with Gasteiger partial charge in [-0.2, -0.15) is 0 Å². The molecular weight excluding hydrogens is 290 g/mol. The van der Waals surface area contributed by atoms with Crippen molar-refractivity contribution >= 4 is 38.3 Å². The van der Waals surface area contributed by atoms with E-state index in [4.69, 9.17) is 11.6 Å². The SMILES string of the molecule is CC(CNc1nc2cccc(Cl)c2s1)N1CCCCC1. The summed E-state index contributed by atoms with van der Waals surface area (Å²) in [7, 11) is 0. The van der Waals surface area contributed by atoms with E-state index in [9.17, 15) is 0 Å². The highest BCUT2D eigenvalue weighted by molar-refractivity contribution is 7.22. The molecule has 1 atom stereocenters. The Morgan fingerprint density at radius 3 is 2.90 bits per heavy atom. The Morgan fingerprint density at radius 1 is 1.35 bits per heavy atom. The van der Waals surface area contributed by atoms with E-state index in [1.807, 2.05) is 18.2 Å². The first kappa shape index (κ1) is 14.1. The summed E-state index contributed by atoms with van der Waals surface area (Å²) in [5, 5.41) is 5.22. The van der Waals surface area contributed by atoms with Crippen molar-refractivity contribution in [3.05, 3.63) is 23.2 Å². The van der Waals surface area contributed by atoms with Gasteiger partial charge in [0.25, 0.3) is 0 Å². The van der Waals surface area contributed by atoms with E-state index in [1.54, 1.807) is 11.3 Å². The molecule has 2 aromatic rings. The molecule has 1 aromatic heterocycles. The topological polar surface area (TPSA) is 28.2 Å². The van der Waals surface area contributed by atoms with Gasteiger partial charge in [-0.15, -0.1) is 0 Å². The Labute approximate surface area is 128 Å². The monoisotopic (exact) mass is 309 g/mol. The van der Waals surface area contributed by atoms with Gasteiger partial charge in [-0.3, -0.25) is 4.90 Å². The van der Waals surface area contributed by atoms with Crippen molar-refractivity contribution in [2.45, 2.75) is 32.2 Å². The van der Waals surface area contributed by atoms with Crippen LogP contribution in [0, 0.1) is 0 Å². The third kappa shape index (κ3) is 3.08. The Kier molecular flexibility index (Phi) is 4.44. The fraction of sp³-hybridized carbons (Fsp3) is 0.533. The van der Waals surface area contributed by atoms with Crippen molar-refractivity contribution in [2.75, 3.05) is 25.0 Å². The molecule has 2 heterocycles. The molecular formula is C15H20ClN3S. The van der Waals surface area contributed by atoms with Gasteiger partial charge in [0.15, 0.2) is 5.13 Å². The van der Waals surface area contributed by atoms with E-state index in [0.717, 1.165) is 26.9 Å². The van der Waals surface area contributed by atoms with Gasteiger partial charge in [0.1, 0.15) is 0 Å². The maximum absolute atomic E-state index is 6.19. The summed E-state index contributed by atoms with van der Waals surface area (Å²) in [6, 6.07) is 6.43. The van der Waals surface area contributed by atoms with Crippen LogP contribution in [0.1, 0.15) is 26.2 Å². The third-order valence-electron chi connectivity index (χ3n) is 3.93. The summed E-state index contributed by atoms with van der Waals surface area (Å²) < 4.78 is 1.07. The number of likely N-dealkylation sites (tertiary alicyclic amines) is 1. The predicted molar refractivity (Wildman–Crippen MR) is 88.0 cm³/mol. The molecule has 0 spiro atoms. The number of nitrogens with one attached hydrogen (secondary N) is 1. The van der Waals surface area contributed by atoms with E-state index in [-0.39, 0.29) is 0 Å². The van der Waals surface area contributed by atoms with Crippen LogP contribution in [0.4, 0.5) is 5.13 Å². The molecule has 108 valence electrons. The summed E-state index contributed by atoms with van der Waals surface area (Å²) in [6.07, 6.45) is 4.05. The minimum atomic E-state index is 0.554. The summed E-state index contributed by atoms with van der Waals surface area (Å²) in [5.74, 6) is 0. The van der Waals surface area contributed by atoms with E-state index in [1.165, 1.54) is 32.4 Å². The summed E-state index contributed by atoms with van der Waals surface area (Å²) >= 11 is 7.83. The predicted octanol–water partition coefficient (Wildman–Crippen LogP) is 4.24. The van der Waals surface area contributed by atoms with Crippen LogP contribution in [0.25, 0.3) is 10.2 Å². The van der Waals surface area contributed by atoms with Crippen LogP contribution >= 0.6 is 22.9 Å². The molecule has 1 aliphatic heterocycles. The van der Waals surface area contributed by atoms with Crippen molar-refractivity contribution in [3.8, 4) is 0 Å². The Hall–Kier alpha value is -0.840. The number of anilines is 1. The van der Waals surface area contributed by atoms with E-state index in [2.05, 4.69) is 22.1 Å². The summed E-state index contributed by atoms with van der Waals surface area (Å²) in [5.41, 5.74) is 0.982. The minimum absolute atomic E-state index is 0.554. The van der Waals surface area contributed by atoms with Gasteiger partial charge in [-0.25, -0.2) is 4.98 Å². The van der Waals surface area contributed by atoms with Gasteiger partial charge < -0.3 is 5.32 Å². The van der Waals surface area contributed by atoms with Gasteiger partial charge in [0.2, 0.25) is 0 Å². The second-order valence-electron chi connectivity index (χ2n) is 5.43. The number of thiazole rings is 1. The first-order valence-corrected chi connectivity index (χ1v) is 8.46. The summed E-state index contributed by atoms with van der Waals surface area (Å²) in [4.78, 5) is 7.16. The highest BCUT2D eigenvalue weighted by Crippen LogP contribution is 2.31. The molecule has 0 radical (unpaired) electrons.